The first-order valence-corrected chi connectivity index (χ1v) is 7.90. The summed E-state index contributed by atoms with van der Waals surface area (Å²) in [5.41, 5.74) is 0. The number of rotatable bonds is 2. The molecule has 1 heterocycles. The minimum absolute atomic E-state index is 0.0681. The number of carbonyl (C=O) groups is 2. The average molecular weight is 274 g/mol. The summed E-state index contributed by atoms with van der Waals surface area (Å²) in [6.07, 6.45) is 7.01. The van der Waals surface area contributed by atoms with Gasteiger partial charge in [0.15, 0.2) is 0 Å². The van der Waals surface area contributed by atoms with E-state index >= 15 is 0 Å². The van der Waals surface area contributed by atoms with Gasteiger partial charge in [-0.1, -0.05) is 26.2 Å². The number of likely N-dealkylation sites (tertiary alicyclic amines) is 1. The molecule has 2 amide bonds. The lowest BCUT2D eigenvalue weighted by Crippen LogP contribution is -2.45. The number of nitrogens with zero attached hydrogens (tertiary/aromatic N) is 2. The second-order valence-electron chi connectivity index (χ2n) is 6.81. The average Bonchev–Trinajstić information content (AvgIpc) is 2.94. The maximum absolute atomic E-state index is 12.5. The molecule has 20 heavy (non-hydrogen) atoms. The molecule has 3 fully saturated rings. The third-order valence-electron chi connectivity index (χ3n) is 5.41. The van der Waals surface area contributed by atoms with Crippen LogP contribution < -0.4 is 0 Å². The molecule has 0 N–H and O–H groups in total. The molecule has 4 heteroatoms. The fraction of sp³-hybridized carbons (Fsp3) is 0.812. The smallest absolute Gasteiger partial charge is 0.234 e. The Balaban J connectivity index is 1.81. The van der Waals surface area contributed by atoms with Crippen molar-refractivity contribution in [1.29, 1.82) is 5.26 Å². The Hall–Kier alpha value is -1.37. The van der Waals surface area contributed by atoms with Crippen molar-refractivity contribution in [2.24, 2.45) is 23.7 Å². The molecule has 1 saturated heterocycles. The highest BCUT2D eigenvalue weighted by Gasteiger charge is 2.54. The van der Waals surface area contributed by atoms with Gasteiger partial charge in [0.1, 0.15) is 6.04 Å². The molecule has 0 spiro atoms. The largest absolute Gasteiger partial charge is 0.274 e. The fourth-order valence-electron chi connectivity index (χ4n) is 4.40. The summed E-state index contributed by atoms with van der Waals surface area (Å²) in [6, 6.07) is 1.74. The molecule has 0 bridgehead atoms. The van der Waals surface area contributed by atoms with Gasteiger partial charge in [-0.2, -0.15) is 5.26 Å². The predicted molar refractivity (Wildman–Crippen MR) is 73.2 cm³/mol. The van der Waals surface area contributed by atoms with Gasteiger partial charge in [0, 0.05) is 0 Å². The van der Waals surface area contributed by atoms with E-state index in [0.717, 1.165) is 38.5 Å². The number of imide groups is 1. The van der Waals surface area contributed by atoms with Crippen LogP contribution in [0.2, 0.25) is 0 Å². The van der Waals surface area contributed by atoms with Crippen LogP contribution in [0.25, 0.3) is 0 Å². The molecule has 108 valence electrons. The molecule has 4 nitrogen and oxygen atoms in total. The fourth-order valence-corrected chi connectivity index (χ4v) is 4.40. The van der Waals surface area contributed by atoms with Crippen molar-refractivity contribution in [3.8, 4) is 6.07 Å². The van der Waals surface area contributed by atoms with Crippen molar-refractivity contribution >= 4 is 11.8 Å². The molecule has 0 aromatic rings. The molecule has 3 atom stereocenters. The van der Waals surface area contributed by atoms with Gasteiger partial charge in [-0.15, -0.1) is 0 Å². The van der Waals surface area contributed by atoms with Gasteiger partial charge in [-0.25, -0.2) is 0 Å². The van der Waals surface area contributed by atoms with Crippen LogP contribution in [0.1, 0.15) is 51.9 Å². The molecule has 0 radical (unpaired) electrons. The first-order valence-electron chi connectivity index (χ1n) is 7.90. The van der Waals surface area contributed by atoms with E-state index in [1.807, 2.05) is 0 Å². The Morgan fingerprint density at radius 1 is 1.10 bits per heavy atom. The Kier molecular flexibility index (Phi) is 3.54. The van der Waals surface area contributed by atoms with E-state index in [4.69, 9.17) is 0 Å². The Morgan fingerprint density at radius 2 is 1.65 bits per heavy atom. The van der Waals surface area contributed by atoms with Gasteiger partial charge < -0.3 is 0 Å². The second kappa shape index (κ2) is 5.20. The van der Waals surface area contributed by atoms with Gasteiger partial charge in [0.25, 0.3) is 0 Å². The summed E-state index contributed by atoms with van der Waals surface area (Å²) in [6.45, 7) is 2.10. The van der Waals surface area contributed by atoms with Crippen LogP contribution >= 0.6 is 0 Å². The minimum Gasteiger partial charge on any atom is -0.274 e. The maximum Gasteiger partial charge on any atom is 0.234 e. The quantitative estimate of drug-likeness (QED) is 0.727. The third-order valence-corrected chi connectivity index (χ3v) is 5.41. The number of hydrogen-bond acceptors (Lipinski definition) is 3. The highest BCUT2D eigenvalue weighted by Crippen LogP contribution is 2.44. The van der Waals surface area contributed by atoms with Gasteiger partial charge in [0.2, 0.25) is 11.8 Å². The van der Waals surface area contributed by atoms with Crippen LogP contribution in [0.4, 0.5) is 0 Å². The minimum atomic E-state index is -0.517. The standard InChI is InChI=1S/C16H22N2O2/c1-10-7-12-13(8-10)16(20)18(15(12)19)14(9-17)11-5-3-2-4-6-11/h10-14H,2-8H2,1H3. The van der Waals surface area contributed by atoms with E-state index in [0.29, 0.717) is 5.92 Å². The molecule has 0 aromatic carbocycles. The summed E-state index contributed by atoms with van der Waals surface area (Å²) in [5.74, 6) is 0.227. The van der Waals surface area contributed by atoms with Crippen LogP contribution in [-0.4, -0.2) is 22.8 Å². The molecular weight excluding hydrogens is 252 g/mol. The van der Waals surface area contributed by atoms with E-state index in [1.165, 1.54) is 11.3 Å². The number of amides is 2. The summed E-state index contributed by atoms with van der Waals surface area (Å²) in [5, 5.41) is 9.49. The normalized spacial score (nSPS) is 36.0. The molecule has 2 aliphatic carbocycles. The highest BCUT2D eigenvalue weighted by molar-refractivity contribution is 6.06. The predicted octanol–water partition coefficient (Wildman–Crippen LogP) is 2.49. The lowest BCUT2D eigenvalue weighted by molar-refractivity contribution is -0.143. The number of carbonyl (C=O) groups excluding carboxylic acids is 2. The van der Waals surface area contributed by atoms with E-state index in [9.17, 15) is 14.9 Å². The van der Waals surface area contributed by atoms with Crippen molar-refractivity contribution in [3.05, 3.63) is 0 Å². The number of hydrogen-bond donors (Lipinski definition) is 0. The Bertz CT molecular complexity index is 438. The zero-order chi connectivity index (χ0) is 14.3. The van der Waals surface area contributed by atoms with E-state index < -0.39 is 6.04 Å². The zero-order valence-corrected chi connectivity index (χ0v) is 12.0. The lowest BCUT2D eigenvalue weighted by Gasteiger charge is -2.31. The van der Waals surface area contributed by atoms with Crippen molar-refractivity contribution < 1.29 is 9.59 Å². The van der Waals surface area contributed by atoms with Gasteiger partial charge in [0.05, 0.1) is 17.9 Å². The molecular formula is C16H22N2O2. The topological polar surface area (TPSA) is 61.2 Å². The van der Waals surface area contributed by atoms with Crippen LogP contribution in [0.5, 0.6) is 0 Å². The second-order valence-corrected chi connectivity index (χ2v) is 6.81. The van der Waals surface area contributed by atoms with Crippen LogP contribution in [0, 0.1) is 35.0 Å². The maximum atomic E-state index is 12.5. The van der Waals surface area contributed by atoms with E-state index in [2.05, 4.69) is 13.0 Å². The first kappa shape index (κ1) is 13.6. The zero-order valence-electron chi connectivity index (χ0n) is 12.0. The van der Waals surface area contributed by atoms with Gasteiger partial charge >= 0.3 is 0 Å². The van der Waals surface area contributed by atoms with Crippen LogP contribution in [0.3, 0.4) is 0 Å². The van der Waals surface area contributed by atoms with Crippen molar-refractivity contribution in [1.82, 2.24) is 4.90 Å². The van der Waals surface area contributed by atoms with Crippen molar-refractivity contribution in [2.45, 2.75) is 57.9 Å². The monoisotopic (exact) mass is 274 g/mol. The molecule has 2 saturated carbocycles. The number of fused-ring (bicyclic) bond motifs is 1. The summed E-state index contributed by atoms with van der Waals surface area (Å²) in [4.78, 5) is 26.4. The molecule has 3 aliphatic rings. The van der Waals surface area contributed by atoms with Crippen LogP contribution in [0.15, 0.2) is 0 Å². The Labute approximate surface area is 120 Å². The summed E-state index contributed by atoms with van der Waals surface area (Å²) in [7, 11) is 0. The summed E-state index contributed by atoms with van der Waals surface area (Å²) >= 11 is 0. The first-order chi connectivity index (χ1) is 9.63. The van der Waals surface area contributed by atoms with Crippen LogP contribution in [-0.2, 0) is 9.59 Å². The highest BCUT2D eigenvalue weighted by atomic mass is 16.2. The van der Waals surface area contributed by atoms with E-state index in [-0.39, 0.29) is 29.6 Å². The van der Waals surface area contributed by atoms with Crippen molar-refractivity contribution in [3.63, 3.8) is 0 Å². The van der Waals surface area contributed by atoms with Crippen molar-refractivity contribution in [2.75, 3.05) is 0 Å². The SMILES string of the molecule is CC1CC2C(=O)N(C(C#N)C3CCCCC3)C(=O)C2C1. The molecule has 3 rings (SSSR count). The third kappa shape index (κ3) is 2.04. The molecule has 3 unspecified atom stereocenters. The Morgan fingerprint density at radius 3 is 2.15 bits per heavy atom. The summed E-state index contributed by atoms with van der Waals surface area (Å²) < 4.78 is 0. The molecule has 1 aliphatic heterocycles. The van der Waals surface area contributed by atoms with Gasteiger partial charge in [-0.05, 0) is 37.5 Å². The number of nitriles is 1. The lowest BCUT2D eigenvalue weighted by atomic mass is 9.83. The van der Waals surface area contributed by atoms with E-state index in [1.54, 1.807) is 0 Å². The molecule has 0 aromatic heterocycles. The van der Waals surface area contributed by atoms with Gasteiger partial charge in [-0.3, -0.25) is 14.5 Å².